The summed E-state index contributed by atoms with van der Waals surface area (Å²) < 4.78 is 13.2. The molecule has 0 saturated carbocycles. The summed E-state index contributed by atoms with van der Waals surface area (Å²) in [4.78, 5) is 21.4. The molecule has 0 fully saturated rings. The first-order valence-corrected chi connectivity index (χ1v) is 8.23. The molecule has 0 aliphatic carbocycles. The Kier molecular flexibility index (Phi) is 5.30. The van der Waals surface area contributed by atoms with Gasteiger partial charge in [-0.3, -0.25) is 9.63 Å². The van der Waals surface area contributed by atoms with Gasteiger partial charge in [0, 0.05) is 10.9 Å². The van der Waals surface area contributed by atoms with Gasteiger partial charge in [-0.1, -0.05) is 42.5 Å². The molecule has 24 heavy (non-hydrogen) atoms. The highest BCUT2D eigenvalue weighted by Crippen LogP contribution is 2.24. The zero-order valence-corrected chi connectivity index (χ0v) is 13.6. The zero-order chi connectivity index (χ0) is 16.8. The van der Waals surface area contributed by atoms with Crippen molar-refractivity contribution in [3.8, 4) is 10.6 Å². The van der Waals surface area contributed by atoms with Gasteiger partial charge in [-0.05, 0) is 17.7 Å². The van der Waals surface area contributed by atoms with Gasteiger partial charge < -0.3 is 0 Å². The Bertz CT molecular complexity index is 821. The molecule has 0 radical (unpaired) electrons. The molecule has 2 aromatic carbocycles. The van der Waals surface area contributed by atoms with Crippen LogP contribution in [0.1, 0.15) is 11.3 Å². The first-order chi connectivity index (χ1) is 11.7. The molecule has 0 aliphatic heterocycles. The second kappa shape index (κ2) is 7.81. The number of thiazole rings is 1. The number of halogens is 1. The Morgan fingerprint density at radius 2 is 2.00 bits per heavy atom. The van der Waals surface area contributed by atoms with Crippen LogP contribution in [0.15, 0.2) is 60.0 Å². The van der Waals surface area contributed by atoms with E-state index in [1.807, 2.05) is 30.3 Å². The van der Waals surface area contributed by atoms with E-state index in [1.165, 1.54) is 23.5 Å². The maximum Gasteiger partial charge on any atom is 0.249 e. The van der Waals surface area contributed by atoms with Crippen LogP contribution in [-0.2, 0) is 22.7 Å². The standard InChI is InChI=1S/C18H15FN2O2S/c19-15-8-4-7-14(9-15)18-20-16(12-24-18)10-17(22)21-23-11-13-5-2-1-3-6-13/h1-9,12H,10-11H2,(H,21,22). The summed E-state index contributed by atoms with van der Waals surface area (Å²) >= 11 is 1.38. The van der Waals surface area contributed by atoms with Crippen LogP contribution in [0.2, 0.25) is 0 Å². The van der Waals surface area contributed by atoms with Gasteiger partial charge in [0.05, 0.1) is 18.7 Å². The van der Waals surface area contributed by atoms with Crippen molar-refractivity contribution >= 4 is 17.2 Å². The molecule has 1 aromatic heterocycles. The van der Waals surface area contributed by atoms with Gasteiger partial charge >= 0.3 is 0 Å². The molecular formula is C18H15FN2O2S. The van der Waals surface area contributed by atoms with E-state index in [9.17, 15) is 9.18 Å². The molecule has 4 nitrogen and oxygen atoms in total. The number of carbonyl (C=O) groups is 1. The highest BCUT2D eigenvalue weighted by molar-refractivity contribution is 7.13. The molecule has 0 aliphatic rings. The van der Waals surface area contributed by atoms with Crippen molar-refractivity contribution in [3.05, 3.63) is 77.1 Å². The summed E-state index contributed by atoms with van der Waals surface area (Å²) in [5.41, 5.74) is 4.70. The van der Waals surface area contributed by atoms with Crippen molar-refractivity contribution in [2.45, 2.75) is 13.0 Å². The quantitative estimate of drug-likeness (QED) is 0.694. The average Bonchev–Trinajstić information content (AvgIpc) is 3.04. The predicted molar refractivity (Wildman–Crippen MR) is 90.6 cm³/mol. The van der Waals surface area contributed by atoms with Gasteiger partial charge in [-0.15, -0.1) is 11.3 Å². The smallest absolute Gasteiger partial charge is 0.249 e. The number of nitrogens with zero attached hydrogens (tertiary/aromatic N) is 1. The third-order valence-corrected chi connectivity index (χ3v) is 4.17. The first-order valence-electron chi connectivity index (χ1n) is 7.35. The second-order valence-corrected chi connectivity index (χ2v) is 5.99. The van der Waals surface area contributed by atoms with E-state index in [-0.39, 0.29) is 18.1 Å². The van der Waals surface area contributed by atoms with Gasteiger partial charge in [0.25, 0.3) is 0 Å². The Hall–Kier alpha value is -2.57. The lowest BCUT2D eigenvalue weighted by Gasteiger charge is -2.04. The zero-order valence-electron chi connectivity index (χ0n) is 12.7. The topological polar surface area (TPSA) is 51.2 Å². The van der Waals surface area contributed by atoms with Gasteiger partial charge in [0.2, 0.25) is 5.91 Å². The van der Waals surface area contributed by atoms with Gasteiger partial charge in [0.1, 0.15) is 10.8 Å². The first kappa shape index (κ1) is 16.3. The highest BCUT2D eigenvalue weighted by atomic mass is 32.1. The number of amides is 1. The maximum absolute atomic E-state index is 13.2. The molecule has 0 atom stereocenters. The SMILES string of the molecule is O=C(Cc1csc(-c2cccc(F)c2)n1)NOCc1ccccc1. The molecule has 0 spiro atoms. The van der Waals surface area contributed by atoms with Gasteiger partial charge in [0.15, 0.2) is 0 Å². The molecule has 3 aromatic rings. The van der Waals surface area contributed by atoms with Crippen LogP contribution in [0.3, 0.4) is 0 Å². The minimum absolute atomic E-state index is 0.112. The Morgan fingerprint density at radius 1 is 1.17 bits per heavy atom. The second-order valence-electron chi connectivity index (χ2n) is 5.13. The van der Waals surface area contributed by atoms with Crippen molar-refractivity contribution in [2.75, 3.05) is 0 Å². The van der Waals surface area contributed by atoms with Crippen molar-refractivity contribution in [3.63, 3.8) is 0 Å². The lowest BCUT2D eigenvalue weighted by Crippen LogP contribution is -2.25. The number of nitrogens with one attached hydrogen (secondary N) is 1. The van der Waals surface area contributed by atoms with E-state index in [2.05, 4.69) is 10.5 Å². The maximum atomic E-state index is 13.2. The largest absolute Gasteiger partial charge is 0.272 e. The summed E-state index contributed by atoms with van der Waals surface area (Å²) in [6, 6.07) is 15.8. The number of carbonyl (C=O) groups excluding carboxylic acids is 1. The molecule has 0 saturated heterocycles. The number of hydrogen-bond acceptors (Lipinski definition) is 4. The molecule has 1 amide bonds. The fraction of sp³-hybridized carbons (Fsp3) is 0.111. The fourth-order valence-corrected chi connectivity index (χ4v) is 2.93. The molecule has 6 heteroatoms. The fourth-order valence-electron chi connectivity index (χ4n) is 2.12. The van der Waals surface area contributed by atoms with E-state index >= 15 is 0 Å². The highest BCUT2D eigenvalue weighted by Gasteiger charge is 2.09. The van der Waals surface area contributed by atoms with Crippen LogP contribution in [-0.4, -0.2) is 10.9 Å². The van der Waals surface area contributed by atoms with Crippen LogP contribution in [0, 0.1) is 5.82 Å². The summed E-state index contributed by atoms with van der Waals surface area (Å²) in [6.07, 6.45) is 0.112. The summed E-state index contributed by atoms with van der Waals surface area (Å²) in [5.74, 6) is -0.585. The number of rotatable bonds is 6. The molecule has 0 unspecified atom stereocenters. The summed E-state index contributed by atoms with van der Waals surface area (Å²) in [6.45, 7) is 0.304. The van der Waals surface area contributed by atoms with Gasteiger partial charge in [-0.25, -0.2) is 14.9 Å². The van der Waals surface area contributed by atoms with E-state index < -0.39 is 0 Å². The van der Waals surface area contributed by atoms with Crippen molar-refractivity contribution in [1.82, 2.24) is 10.5 Å². The summed E-state index contributed by atoms with van der Waals surface area (Å²) in [5, 5.41) is 2.47. The van der Waals surface area contributed by atoms with Crippen molar-refractivity contribution in [1.29, 1.82) is 0 Å². The van der Waals surface area contributed by atoms with E-state index in [1.54, 1.807) is 17.5 Å². The minimum atomic E-state index is -0.309. The van der Waals surface area contributed by atoms with E-state index in [0.29, 0.717) is 22.9 Å². The third-order valence-electron chi connectivity index (χ3n) is 3.23. The average molecular weight is 342 g/mol. The third kappa shape index (κ3) is 4.47. The Labute approximate surface area is 142 Å². The Morgan fingerprint density at radius 3 is 2.79 bits per heavy atom. The lowest BCUT2D eigenvalue weighted by molar-refractivity contribution is -0.133. The normalized spacial score (nSPS) is 10.5. The van der Waals surface area contributed by atoms with E-state index in [0.717, 1.165) is 5.56 Å². The van der Waals surface area contributed by atoms with Crippen LogP contribution in [0.5, 0.6) is 0 Å². The minimum Gasteiger partial charge on any atom is -0.272 e. The number of hydroxylamine groups is 1. The van der Waals surface area contributed by atoms with Crippen LogP contribution in [0.25, 0.3) is 10.6 Å². The van der Waals surface area contributed by atoms with Crippen LogP contribution in [0.4, 0.5) is 4.39 Å². The number of benzene rings is 2. The molecule has 1 heterocycles. The predicted octanol–water partition coefficient (Wildman–Crippen LogP) is 3.74. The molecule has 1 N–H and O–H groups in total. The number of hydrogen-bond donors (Lipinski definition) is 1. The van der Waals surface area contributed by atoms with Crippen LogP contribution < -0.4 is 5.48 Å². The lowest BCUT2D eigenvalue weighted by atomic mass is 10.2. The Balaban J connectivity index is 1.52. The molecule has 122 valence electrons. The molecule has 3 rings (SSSR count). The summed E-state index contributed by atoms with van der Waals surface area (Å²) in [7, 11) is 0. The van der Waals surface area contributed by atoms with Gasteiger partial charge in [-0.2, -0.15) is 0 Å². The number of aromatic nitrogens is 1. The van der Waals surface area contributed by atoms with Crippen LogP contribution >= 0.6 is 11.3 Å². The monoisotopic (exact) mass is 342 g/mol. The van der Waals surface area contributed by atoms with Crippen molar-refractivity contribution < 1.29 is 14.0 Å². The molecule has 0 bridgehead atoms. The molecular weight excluding hydrogens is 327 g/mol. The van der Waals surface area contributed by atoms with E-state index in [4.69, 9.17) is 4.84 Å². The van der Waals surface area contributed by atoms with Crippen molar-refractivity contribution in [2.24, 2.45) is 0 Å².